The molecule has 0 saturated carbocycles. The van der Waals surface area contributed by atoms with Gasteiger partial charge in [-0.15, -0.1) is 0 Å². The molecule has 0 unspecified atom stereocenters. The number of nitrogens with zero attached hydrogens (tertiary/aromatic N) is 3. The van der Waals surface area contributed by atoms with Gasteiger partial charge in [0.25, 0.3) is 0 Å². The van der Waals surface area contributed by atoms with Crippen LogP contribution < -0.4 is 0 Å². The number of ether oxygens (including phenoxy) is 1. The molecule has 0 radical (unpaired) electrons. The lowest BCUT2D eigenvalue weighted by Crippen LogP contribution is -2.14. The lowest BCUT2D eigenvalue weighted by Gasteiger charge is -2.24. The Morgan fingerprint density at radius 1 is 1.19 bits per heavy atom. The summed E-state index contributed by atoms with van der Waals surface area (Å²) >= 11 is 0. The minimum atomic E-state index is -1.05. The van der Waals surface area contributed by atoms with Crippen LogP contribution in [0.3, 0.4) is 0 Å². The fraction of sp³-hybridized carbons (Fsp3) is 0.458. The first-order valence-electron chi connectivity index (χ1n) is 10.3. The standard InChI is InChI=1S/C24H33N3O3S/c1-24(2,29)9-8-19-6-7-23-21(14-19)22(17-26(23)10-11-28)20-15-25-27(16-20)18-30-12-13-31(3,4)5/h6-7,14-17,28-29H,10-13,18H2,1-5H3. The van der Waals surface area contributed by atoms with Crippen LogP contribution in [0.5, 0.6) is 0 Å². The van der Waals surface area contributed by atoms with E-state index in [0.717, 1.165) is 40.0 Å². The van der Waals surface area contributed by atoms with Crippen molar-refractivity contribution in [2.24, 2.45) is 0 Å². The highest BCUT2D eigenvalue weighted by molar-refractivity contribution is 8.32. The van der Waals surface area contributed by atoms with Crippen molar-refractivity contribution in [3.8, 4) is 23.0 Å². The molecule has 0 aliphatic heterocycles. The second-order valence-corrected chi connectivity index (χ2v) is 13.7. The van der Waals surface area contributed by atoms with Crippen LogP contribution >= 0.6 is 10.0 Å². The Morgan fingerprint density at radius 3 is 2.65 bits per heavy atom. The predicted molar refractivity (Wildman–Crippen MR) is 130 cm³/mol. The van der Waals surface area contributed by atoms with E-state index in [0.29, 0.717) is 13.3 Å². The smallest absolute Gasteiger partial charge is 0.139 e. The maximum atomic E-state index is 9.91. The molecular formula is C24H33N3O3S. The van der Waals surface area contributed by atoms with Crippen LogP contribution in [0.4, 0.5) is 0 Å². The highest BCUT2D eigenvalue weighted by Gasteiger charge is 2.13. The summed E-state index contributed by atoms with van der Waals surface area (Å²) in [6.45, 7) is 5.06. The molecule has 0 saturated heterocycles. The van der Waals surface area contributed by atoms with Gasteiger partial charge in [-0.1, -0.05) is 11.8 Å². The summed E-state index contributed by atoms with van der Waals surface area (Å²) in [5, 5.41) is 24.9. The Hall–Kier alpha value is -2.24. The highest BCUT2D eigenvalue weighted by atomic mass is 32.3. The molecule has 0 aliphatic carbocycles. The number of benzene rings is 1. The van der Waals surface area contributed by atoms with Gasteiger partial charge in [0.15, 0.2) is 0 Å². The van der Waals surface area contributed by atoms with Crippen molar-refractivity contribution in [3.05, 3.63) is 42.4 Å². The number of aromatic nitrogens is 3. The number of hydrogen-bond donors (Lipinski definition) is 2. The Morgan fingerprint density at radius 2 is 1.97 bits per heavy atom. The maximum absolute atomic E-state index is 9.91. The number of aliphatic hydroxyl groups excluding tert-OH is 1. The molecule has 0 spiro atoms. The first-order chi connectivity index (χ1) is 14.6. The van der Waals surface area contributed by atoms with Gasteiger partial charge in [-0.25, -0.2) is 14.7 Å². The van der Waals surface area contributed by atoms with E-state index in [9.17, 15) is 10.2 Å². The summed E-state index contributed by atoms with van der Waals surface area (Å²) in [7, 11) is -0.566. The molecule has 2 aromatic heterocycles. The molecule has 0 aliphatic rings. The number of rotatable bonds is 8. The minimum absolute atomic E-state index is 0.0619. The number of fused-ring (bicyclic) bond motifs is 1. The summed E-state index contributed by atoms with van der Waals surface area (Å²) < 4.78 is 9.65. The van der Waals surface area contributed by atoms with E-state index < -0.39 is 15.6 Å². The molecule has 3 rings (SSSR count). The molecule has 0 atom stereocenters. The van der Waals surface area contributed by atoms with Gasteiger partial charge in [0.2, 0.25) is 0 Å². The monoisotopic (exact) mass is 443 g/mol. The van der Waals surface area contributed by atoms with Crippen LogP contribution in [0.2, 0.25) is 0 Å². The SMILES string of the molecule is CC(C)(O)C#Cc1ccc2c(c1)c(-c1cnn(COCCS(C)(C)C)c1)cn2CCO. The third-order valence-electron chi connectivity index (χ3n) is 4.74. The van der Waals surface area contributed by atoms with Crippen molar-refractivity contribution < 1.29 is 14.9 Å². The highest BCUT2D eigenvalue weighted by Crippen LogP contribution is 2.34. The number of aliphatic hydroxyl groups is 2. The molecule has 0 amide bonds. The lowest BCUT2D eigenvalue weighted by molar-refractivity contribution is 0.0809. The molecule has 2 N–H and O–H groups in total. The van der Waals surface area contributed by atoms with E-state index in [4.69, 9.17) is 4.74 Å². The molecule has 7 heteroatoms. The van der Waals surface area contributed by atoms with Crippen LogP contribution in [0.1, 0.15) is 19.4 Å². The van der Waals surface area contributed by atoms with Crippen LogP contribution in [0, 0.1) is 11.8 Å². The largest absolute Gasteiger partial charge is 0.395 e. The molecule has 0 bridgehead atoms. The second kappa shape index (κ2) is 9.49. The average molecular weight is 444 g/mol. The van der Waals surface area contributed by atoms with Crippen LogP contribution in [0.15, 0.2) is 36.8 Å². The van der Waals surface area contributed by atoms with Crippen molar-refractivity contribution in [2.75, 3.05) is 37.7 Å². The molecule has 31 heavy (non-hydrogen) atoms. The number of hydrogen-bond acceptors (Lipinski definition) is 4. The zero-order valence-corrected chi connectivity index (χ0v) is 19.9. The maximum Gasteiger partial charge on any atom is 0.139 e. The van der Waals surface area contributed by atoms with Gasteiger partial charge in [-0.3, -0.25) is 0 Å². The predicted octanol–water partition coefficient (Wildman–Crippen LogP) is 3.29. The van der Waals surface area contributed by atoms with E-state index in [1.54, 1.807) is 18.5 Å². The van der Waals surface area contributed by atoms with Crippen LogP contribution in [0.25, 0.3) is 22.0 Å². The van der Waals surface area contributed by atoms with E-state index >= 15 is 0 Å². The Bertz CT molecular complexity index is 1090. The third-order valence-corrected chi connectivity index (χ3v) is 6.13. The fourth-order valence-electron chi connectivity index (χ4n) is 3.16. The average Bonchev–Trinajstić information content (AvgIpc) is 3.27. The second-order valence-electron chi connectivity index (χ2n) is 9.10. The van der Waals surface area contributed by atoms with Crippen LogP contribution in [-0.4, -0.2) is 67.9 Å². The lowest BCUT2D eigenvalue weighted by atomic mass is 10.0. The van der Waals surface area contributed by atoms with Gasteiger partial charge in [-0.2, -0.15) is 5.10 Å². The zero-order chi connectivity index (χ0) is 22.6. The van der Waals surface area contributed by atoms with Gasteiger partial charge in [0.1, 0.15) is 12.3 Å². The topological polar surface area (TPSA) is 72.4 Å². The normalized spacial score (nSPS) is 12.7. The Labute approximate surface area is 186 Å². The first kappa shape index (κ1) is 23.4. The van der Waals surface area contributed by atoms with E-state index in [2.05, 4.69) is 35.7 Å². The zero-order valence-electron chi connectivity index (χ0n) is 19.1. The van der Waals surface area contributed by atoms with E-state index in [1.807, 2.05) is 41.4 Å². The van der Waals surface area contributed by atoms with Gasteiger partial charge in [0, 0.05) is 52.3 Å². The van der Waals surface area contributed by atoms with Crippen molar-refractivity contribution in [1.29, 1.82) is 0 Å². The van der Waals surface area contributed by atoms with Gasteiger partial charge in [0.05, 0.1) is 19.4 Å². The van der Waals surface area contributed by atoms with E-state index in [-0.39, 0.29) is 6.61 Å². The summed E-state index contributed by atoms with van der Waals surface area (Å²) in [6.07, 6.45) is 12.7. The quantitative estimate of drug-likeness (QED) is 0.414. The summed E-state index contributed by atoms with van der Waals surface area (Å²) in [4.78, 5) is 0. The molecule has 1 aromatic carbocycles. The Balaban J connectivity index is 1.88. The molecule has 168 valence electrons. The van der Waals surface area contributed by atoms with Gasteiger partial charge in [-0.05, 0) is 50.8 Å². The molecular weight excluding hydrogens is 410 g/mol. The van der Waals surface area contributed by atoms with Crippen molar-refractivity contribution >= 4 is 20.9 Å². The van der Waals surface area contributed by atoms with Gasteiger partial charge >= 0.3 is 0 Å². The van der Waals surface area contributed by atoms with Gasteiger partial charge < -0.3 is 19.5 Å². The van der Waals surface area contributed by atoms with E-state index in [1.165, 1.54) is 0 Å². The van der Waals surface area contributed by atoms with Crippen molar-refractivity contribution in [1.82, 2.24) is 14.3 Å². The molecule has 2 heterocycles. The van der Waals surface area contributed by atoms with Crippen molar-refractivity contribution in [3.63, 3.8) is 0 Å². The third kappa shape index (κ3) is 6.62. The summed E-state index contributed by atoms with van der Waals surface area (Å²) in [5.41, 5.74) is 2.82. The molecule has 3 aromatic rings. The molecule has 0 fully saturated rings. The first-order valence-corrected chi connectivity index (χ1v) is 13.3. The molecule has 6 nitrogen and oxygen atoms in total. The Kier molecular flexibility index (Phi) is 7.17. The summed E-state index contributed by atoms with van der Waals surface area (Å²) in [6, 6.07) is 5.97. The minimum Gasteiger partial charge on any atom is -0.395 e. The summed E-state index contributed by atoms with van der Waals surface area (Å²) in [5.74, 6) is 6.99. The fourth-order valence-corrected chi connectivity index (χ4v) is 3.78. The van der Waals surface area contributed by atoms with Crippen molar-refractivity contribution in [2.45, 2.75) is 32.7 Å². The van der Waals surface area contributed by atoms with Crippen LogP contribution in [-0.2, 0) is 18.0 Å².